The molecule has 1 unspecified atom stereocenters. The fourth-order valence-corrected chi connectivity index (χ4v) is 3.37. The van der Waals surface area contributed by atoms with Gasteiger partial charge in [-0.05, 0) is 52.4 Å². The summed E-state index contributed by atoms with van der Waals surface area (Å²) in [5.74, 6) is 0.456. The molecule has 0 N–H and O–H groups in total. The second kappa shape index (κ2) is 6.80. The molecule has 2 aliphatic rings. The monoisotopic (exact) mass is 295 g/mol. The molecule has 0 aromatic heterocycles. The Morgan fingerprint density at radius 1 is 1.19 bits per heavy atom. The summed E-state index contributed by atoms with van der Waals surface area (Å²) in [4.78, 5) is 25.6. The van der Waals surface area contributed by atoms with Crippen LogP contribution in [0.2, 0.25) is 0 Å². The van der Waals surface area contributed by atoms with Crippen molar-refractivity contribution in [2.24, 2.45) is 5.92 Å². The van der Waals surface area contributed by atoms with E-state index in [-0.39, 0.29) is 18.2 Å². The Labute approximate surface area is 128 Å². The average molecular weight is 295 g/mol. The van der Waals surface area contributed by atoms with Crippen LogP contribution in [0.25, 0.3) is 0 Å². The van der Waals surface area contributed by atoms with E-state index < -0.39 is 5.60 Å². The van der Waals surface area contributed by atoms with E-state index in [4.69, 9.17) is 4.74 Å². The third-order valence-corrected chi connectivity index (χ3v) is 4.43. The van der Waals surface area contributed by atoms with Crippen molar-refractivity contribution in [1.29, 1.82) is 0 Å². The van der Waals surface area contributed by atoms with Gasteiger partial charge in [-0.2, -0.15) is 0 Å². The topological polar surface area (TPSA) is 46.6 Å². The van der Waals surface area contributed by atoms with Gasteiger partial charge in [-0.15, -0.1) is 0 Å². The zero-order chi connectivity index (χ0) is 15.5. The summed E-state index contributed by atoms with van der Waals surface area (Å²) in [5.41, 5.74) is -0.484. The number of ether oxygens (including phenoxy) is 1. The van der Waals surface area contributed by atoms with Crippen LogP contribution in [0.4, 0.5) is 4.79 Å². The first-order valence-corrected chi connectivity index (χ1v) is 8.37. The van der Waals surface area contributed by atoms with Gasteiger partial charge in [0.1, 0.15) is 11.9 Å². The SMILES string of the molecule is CC(C)(C)OC(=O)N(C1CC1)C(CC=O)C1CCCCC1. The minimum atomic E-state index is -0.484. The number of carbonyl (C=O) groups excluding carboxylic acids is 2. The molecule has 1 atom stereocenters. The number of rotatable bonds is 5. The van der Waals surface area contributed by atoms with E-state index >= 15 is 0 Å². The summed E-state index contributed by atoms with van der Waals surface area (Å²) in [6.07, 6.45) is 9.24. The molecule has 4 nitrogen and oxygen atoms in total. The van der Waals surface area contributed by atoms with Gasteiger partial charge in [-0.25, -0.2) is 4.79 Å². The van der Waals surface area contributed by atoms with E-state index in [2.05, 4.69) is 0 Å². The Hall–Kier alpha value is -1.06. The normalized spacial score (nSPS) is 21.7. The zero-order valence-electron chi connectivity index (χ0n) is 13.6. The number of hydrogen-bond acceptors (Lipinski definition) is 3. The lowest BCUT2D eigenvalue weighted by Crippen LogP contribution is -2.48. The molecule has 0 aliphatic heterocycles. The Morgan fingerprint density at radius 2 is 1.81 bits per heavy atom. The van der Waals surface area contributed by atoms with Crippen molar-refractivity contribution in [3.05, 3.63) is 0 Å². The third-order valence-electron chi connectivity index (χ3n) is 4.43. The first-order valence-electron chi connectivity index (χ1n) is 8.37. The molecule has 0 heterocycles. The predicted octanol–water partition coefficient (Wildman–Crippen LogP) is 3.92. The quantitative estimate of drug-likeness (QED) is 0.722. The van der Waals surface area contributed by atoms with E-state index in [1.54, 1.807) is 0 Å². The van der Waals surface area contributed by atoms with Crippen LogP contribution in [-0.4, -0.2) is 35.0 Å². The second-order valence-corrected chi connectivity index (χ2v) is 7.49. The fourth-order valence-electron chi connectivity index (χ4n) is 3.37. The molecule has 2 fully saturated rings. The maximum absolute atomic E-state index is 12.6. The lowest BCUT2D eigenvalue weighted by atomic mass is 9.82. The van der Waals surface area contributed by atoms with Crippen LogP contribution in [0.3, 0.4) is 0 Å². The molecule has 0 aromatic rings. The highest BCUT2D eigenvalue weighted by molar-refractivity contribution is 5.70. The van der Waals surface area contributed by atoms with Crippen molar-refractivity contribution in [2.45, 2.75) is 89.8 Å². The fraction of sp³-hybridized carbons (Fsp3) is 0.882. The minimum absolute atomic E-state index is 0.0325. The molecule has 2 rings (SSSR count). The molecule has 0 saturated heterocycles. The van der Waals surface area contributed by atoms with Crippen LogP contribution in [0.15, 0.2) is 0 Å². The predicted molar refractivity (Wildman–Crippen MR) is 82.1 cm³/mol. The van der Waals surface area contributed by atoms with Crippen molar-refractivity contribution >= 4 is 12.4 Å². The zero-order valence-corrected chi connectivity index (χ0v) is 13.6. The van der Waals surface area contributed by atoms with Gasteiger partial charge in [0.2, 0.25) is 0 Å². The lowest BCUT2D eigenvalue weighted by molar-refractivity contribution is -0.109. The maximum Gasteiger partial charge on any atom is 0.410 e. The van der Waals surface area contributed by atoms with Crippen LogP contribution in [-0.2, 0) is 9.53 Å². The molecule has 0 bridgehead atoms. The molecule has 2 aliphatic carbocycles. The Morgan fingerprint density at radius 3 is 2.29 bits per heavy atom. The molecular formula is C17H29NO3. The summed E-state index contributed by atoms with van der Waals surface area (Å²) in [6, 6.07) is 0.317. The number of nitrogens with zero attached hydrogens (tertiary/aromatic N) is 1. The molecule has 0 spiro atoms. The van der Waals surface area contributed by atoms with Gasteiger partial charge < -0.3 is 14.4 Å². The van der Waals surface area contributed by atoms with Gasteiger partial charge in [0.05, 0.1) is 0 Å². The van der Waals surface area contributed by atoms with Crippen LogP contribution in [0, 0.1) is 5.92 Å². The molecule has 1 amide bonds. The lowest BCUT2D eigenvalue weighted by Gasteiger charge is -2.39. The van der Waals surface area contributed by atoms with Gasteiger partial charge >= 0.3 is 6.09 Å². The van der Waals surface area contributed by atoms with E-state index in [1.165, 1.54) is 19.3 Å². The molecule has 120 valence electrons. The molecule has 4 heteroatoms. The highest BCUT2D eigenvalue weighted by atomic mass is 16.6. The smallest absolute Gasteiger partial charge is 0.410 e. The van der Waals surface area contributed by atoms with Crippen molar-refractivity contribution in [3.63, 3.8) is 0 Å². The molecule has 21 heavy (non-hydrogen) atoms. The number of carbonyl (C=O) groups is 2. The van der Waals surface area contributed by atoms with Gasteiger partial charge in [-0.1, -0.05) is 19.3 Å². The molecule has 0 radical (unpaired) electrons. The summed E-state index contributed by atoms with van der Waals surface area (Å²) >= 11 is 0. The largest absolute Gasteiger partial charge is 0.444 e. The third kappa shape index (κ3) is 4.72. The van der Waals surface area contributed by atoms with Crippen LogP contribution in [0.1, 0.15) is 72.1 Å². The van der Waals surface area contributed by atoms with E-state index in [9.17, 15) is 9.59 Å². The van der Waals surface area contributed by atoms with Crippen LogP contribution >= 0.6 is 0 Å². The highest BCUT2D eigenvalue weighted by Gasteiger charge is 2.42. The van der Waals surface area contributed by atoms with Gasteiger partial charge in [0.15, 0.2) is 0 Å². The molecular weight excluding hydrogens is 266 g/mol. The summed E-state index contributed by atoms with van der Waals surface area (Å²) in [7, 11) is 0. The second-order valence-electron chi connectivity index (χ2n) is 7.49. The first kappa shape index (κ1) is 16.3. The number of hydrogen-bond donors (Lipinski definition) is 0. The molecule has 2 saturated carbocycles. The molecule has 0 aromatic carbocycles. The van der Waals surface area contributed by atoms with Crippen LogP contribution in [0.5, 0.6) is 0 Å². The highest BCUT2D eigenvalue weighted by Crippen LogP contribution is 2.37. The number of aldehydes is 1. The number of amides is 1. The summed E-state index contributed by atoms with van der Waals surface area (Å²) in [5, 5.41) is 0. The summed E-state index contributed by atoms with van der Waals surface area (Å²) < 4.78 is 5.59. The van der Waals surface area contributed by atoms with Crippen molar-refractivity contribution < 1.29 is 14.3 Å². The average Bonchev–Trinajstić information content (AvgIpc) is 3.22. The Kier molecular flexibility index (Phi) is 5.28. The first-order chi connectivity index (χ1) is 9.92. The van der Waals surface area contributed by atoms with E-state index in [1.807, 2.05) is 25.7 Å². The van der Waals surface area contributed by atoms with E-state index in [0.717, 1.165) is 32.0 Å². The maximum atomic E-state index is 12.6. The van der Waals surface area contributed by atoms with Gasteiger partial charge in [0.25, 0.3) is 0 Å². The van der Waals surface area contributed by atoms with E-state index in [0.29, 0.717) is 12.3 Å². The van der Waals surface area contributed by atoms with Gasteiger partial charge in [-0.3, -0.25) is 0 Å². The van der Waals surface area contributed by atoms with Crippen LogP contribution < -0.4 is 0 Å². The van der Waals surface area contributed by atoms with Crippen molar-refractivity contribution in [1.82, 2.24) is 4.90 Å². The standard InChI is InChI=1S/C17H29NO3/c1-17(2,3)21-16(20)18(14-9-10-14)15(11-12-19)13-7-5-4-6-8-13/h12-15H,4-11H2,1-3H3. The van der Waals surface area contributed by atoms with Crippen molar-refractivity contribution in [2.75, 3.05) is 0 Å². The minimum Gasteiger partial charge on any atom is -0.444 e. The van der Waals surface area contributed by atoms with Gasteiger partial charge in [0, 0.05) is 18.5 Å². The Bertz CT molecular complexity index is 365. The summed E-state index contributed by atoms with van der Waals surface area (Å²) in [6.45, 7) is 5.68. The Balaban J connectivity index is 2.11. The van der Waals surface area contributed by atoms with Crippen molar-refractivity contribution in [3.8, 4) is 0 Å².